The van der Waals surface area contributed by atoms with E-state index in [1.165, 1.54) is 0 Å². The van der Waals surface area contributed by atoms with Crippen molar-refractivity contribution in [2.75, 3.05) is 0 Å². The summed E-state index contributed by atoms with van der Waals surface area (Å²) in [5.41, 5.74) is 6.63. The molecule has 1 atom stereocenters. The lowest BCUT2D eigenvalue weighted by Crippen LogP contribution is -2.34. The van der Waals surface area contributed by atoms with Crippen LogP contribution in [0.4, 0.5) is 4.79 Å². The average molecular weight is 303 g/mol. The molecule has 0 saturated heterocycles. The molecule has 0 aliphatic heterocycles. The van der Waals surface area contributed by atoms with E-state index in [2.05, 4.69) is 10.5 Å². The molecule has 0 fully saturated rings. The van der Waals surface area contributed by atoms with Gasteiger partial charge in [0.05, 0.1) is 18.2 Å². The van der Waals surface area contributed by atoms with E-state index < -0.39 is 18.0 Å². The Kier molecular flexibility index (Phi) is 5.13. The third-order valence-electron chi connectivity index (χ3n) is 2.94. The molecule has 0 aliphatic carbocycles. The van der Waals surface area contributed by atoms with E-state index >= 15 is 0 Å². The number of hydrogen-bond donors (Lipinski definition) is 2. The van der Waals surface area contributed by atoms with E-state index in [4.69, 9.17) is 15.0 Å². The summed E-state index contributed by atoms with van der Waals surface area (Å²) in [7, 11) is 0. The van der Waals surface area contributed by atoms with Crippen LogP contribution < -0.4 is 11.1 Å². The molecule has 7 heteroatoms. The second kappa shape index (κ2) is 7.26. The van der Waals surface area contributed by atoms with Gasteiger partial charge in [0.2, 0.25) is 0 Å². The van der Waals surface area contributed by atoms with Gasteiger partial charge in [-0.15, -0.1) is 0 Å². The number of esters is 1. The summed E-state index contributed by atoms with van der Waals surface area (Å²) in [4.78, 5) is 23.0. The summed E-state index contributed by atoms with van der Waals surface area (Å²) in [6, 6.07) is 9.51. The Morgan fingerprint density at radius 1 is 1.36 bits per heavy atom. The molecule has 0 saturated carbocycles. The van der Waals surface area contributed by atoms with Crippen molar-refractivity contribution in [3.63, 3.8) is 0 Å². The lowest BCUT2D eigenvalue weighted by atomic mass is 10.0. The molecular formula is C15H17N3O4. The SMILES string of the molecule is Cc1cc(COC(=O)C[C@H](NC(N)=O)c2ccccc2)on1. The van der Waals surface area contributed by atoms with Crippen molar-refractivity contribution in [3.05, 3.63) is 53.4 Å². The Labute approximate surface area is 127 Å². The Morgan fingerprint density at radius 2 is 2.09 bits per heavy atom. The summed E-state index contributed by atoms with van der Waals surface area (Å²) in [5.74, 6) is -0.0124. The highest BCUT2D eigenvalue weighted by Crippen LogP contribution is 2.17. The van der Waals surface area contributed by atoms with Crippen LogP contribution in [0.3, 0.4) is 0 Å². The van der Waals surface area contributed by atoms with Gasteiger partial charge in [0, 0.05) is 6.07 Å². The summed E-state index contributed by atoms with van der Waals surface area (Å²) >= 11 is 0. The van der Waals surface area contributed by atoms with Crippen molar-refractivity contribution in [3.8, 4) is 0 Å². The minimum atomic E-state index is -0.701. The number of amides is 2. The van der Waals surface area contributed by atoms with Crippen molar-refractivity contribution in [2.24, 2.45) is 5.73 Å². The van der Waals surface area contributed by atoms with Crippen molar-refractivity contribution in [1.82, 2.24) is 10.5 Å². The van der Waals surface area contributed by atoms with Crippen LogP contribution in [0.25, 0.3) is 0 Å². The topological polar surface area (TPSA) is 107 Å². The number of primary amides is 1. The first-order valence-corrected chi connectivity index (χ1v) is 6.73. The largest absolute Gasteiger partial charge is 0.457 e. The van der Waals surface area contributed by atoms with Crippen molar-refractivity contribution >= 4 is 12.0 Å². The number of carbonyl (C=O) groups is 2. The Balaban J connectivity index is 1.94. The van der Waals surface area contributed by atoms with E-state index in [0.29, 0.717) is 11.5 Å². The molecule has 116 valence electrons. The van der Waals surface area contributed by atoms with Gasteiger partial charge in [-0.3, -0.25) is 4.79 Å². The number of nitrogens with two attached hydrogens (primary N) is 1. The van der Waals surface area contributed by atoms with E-state index in [0.717, 1.165) is 5.56 Å². The molecule has 0 bridgehead atoms. The van der Waals surface area contributed by atoms with Crippen molar-refractivity contribution in [2.45, 2.75) is 26.0 Å². The fraction of sp³-hybridized carbons (Fsp3) is 0.267. The fourth-order valence-electron chi connectivity index (χ4n) is 1.97. The molecule has 0 unspecified atom stereocenters. The molecule has 1 heterocycles. The molecule has 2 amide bonds. The number of benzene rings is 1. The van der Waals surface area contributed by atoms with Gasteiger partial charge in [-0.05, 0) is 12.5 Å². The van der Waals surface area contributed by atoms with Crippen LogP contribution in [0, 0.1) is 6.92 Å². The quantitative estimate of drug-likeness (QED) is 0.791. The van der Waals surface area contributed by atoms with Gasteiger partial charge in [-0.2, -0.15) is 0 Å². The standard InChI is InChI=1S/C15H17N3O4/c1-10-7-12(22-18-10)9-21-14(19)8-13(17-15(16)20)11-5-3-2-4-6-11/h2-7,13H,8-9H2,1H3,(H3,16,17,20)/t13-/m0/s1. The highest BCUT2D eigenvalue weighted by Gasteiger charge is 2.18. The average Bonchev–Trinajstić information content (AvgIpc) is 2.91. The molecule has 2 rings (SSSR count). The van der Waals surface area contributed by atoms with Crippen LogP contribution in [-0.2, 0) is 16.1 Å². The van der Waals surface area contributed by atoms with E-state index in [1.54, 1.807) is 25.1 Å². The Hall–Kier alpha value is -2.83. The van der Waals surface area contributed by atoms with Crippen LogP contribution in [0.15, 0.2) is 40.9 Å². The number of aromatic nitrogens is 1. The zero-order chi connectivity index (χ0) is 15.9. The number of nitrogens with zero attached hydrogens (tertiary/aromatic N) is 1. The first kappa shape index (κ1) is 15.6. The van der Waals surface area contributed by atoms with Crippen LogP contribution in [-0.4, -0.2) is 17.2 Å². The van der Waals surface area contributed by atoms with Crippen LogP contribution in [0.1, 0.15) is 29.5 Å². The monoisotopic (exact) mass is 303 g/mol. The van der Waals surface area contributed by atoms with Gasteiger partial charge >= 0.3 is 12.0 Å². The Morgan fingerprint density at radius 3 is 2.68 bits per heavy atom. The lowest BCUT2D eigenvalue weighted by Gasteiger charge is -2.17. The molecule has 0 aliphatic rings. The third kappa shape index (κ3) is 4.62. The second-order valence-electron chi connectivity index (χ2n) is 4.77. The zero-order valence-electron chi connectivity index (χ0n) is 12.1. The fourth-order valence-corrected chi connectivity index (χ4v) is 1.97. The predicted octanol–water partition coefficient (Wildman–Crippen LogP) is 1.83. The van der Waals surface area contributed by atoms with Crippen molar-refractivity contribution < 1.29 is 18.8 Å². The summed E-state index contributed by atoms with van der Waals surface area (Å²) < 4.78 is 10.1. The first-order valence-electron chi connectivity index (χ1n) is 6.73. The second-order valence-corrected chi connectivity index (χ2v) is 4.77. The number of rotatable bonds is 6. The highest BCUT2D eigenvalue weighted by molar-refractivity contribution is 5.75. The molecule has 0 radical (unpaired) electrons. The summed E-state index contributed by atoms with van der Waals surface area (Å²) in [5, 5.41) is 6.23. The number of nitrogens with one attached hydrogen (secondary N) is 1. The molecule has 3 N–H and O–H groups in total. The first-order chi connectivity index (χ1) is 10.5. The zero-order valence-corrected chi connectivity index (χ0v) is 12.1. The van der Waals surface area contributed by atoms with Crippen LogP contribution >= 0.6 is 0 Å². The third-order valence-corrected chi connectivity index (χ3v) is 2.94. The number of urea groups is 1. The van der Waals surface area contributed by atoms with Gasteiger partial charge in [-0.25, -0.2) is 4.79 Å². The highest BCUT2D eigenvalue weighted by atomic mass is 16.5. The van der Waals surface area contributed by atoms with Crippen molar-refractivity contribution in [1.29, 1.82) is 0 Å². The Bertz CT molecular complexity index is 639. The van der Waals surface area contributed by atoms with E-state index in [-0.39, 0.29) is 13.0 Å². The predicted molar refractivity (Wildman–Crippen MR) is 77.6 cm³/mol. The van der Waals surface area contributed by atoms with Gasteiger partial charge in [0.25, 0.3) is 0 Å². The minimum Gasteiger partial charge on any atom is -0.457 e. The maximum atomic E-state index is 11.9. The van der Waals surface area contributed by atoms with Crippen LogP contribution in [0.5, 0.6) is 0 Å². The molecule has 22 heavy (non-hydrogen) atoms. The smallest absolute Gasteiger partial charge is 0.312 e. The molecule has 2 aromatic rings. The van der Waals surface area contributed by atoms with Gasteiger partial charge < -0.3 is 20.3 Å². The normalized spacial score (nSPS) is 11.7. The van der Waals surface area contributed by atoms with E-state index in [9.17, 15) is 9.59 Å². The summed E-state index contributed by atoms with van der Waals surface area (Å²) in [6.45, 7) is 1.77. The number of ether oxygens (including phenoxy) is 1. The molecule has 1 aromatic heterocycles. The number of hydrogen-bond acceptors (Lipinski definition) is 5. The van der Waals surface area contributed by atoms with Crippen LogP contribution in [0.2, 0.25) is 0 Å². The number of aryl methyl sites for hydroxylation is 1. The van der Waals surface area contributed by atoms with Gasteiger partial charge in [0.15, 0.2) is 12.4 Å². The summed E-state index contributed by atoms with van der Waals surface area (Å²) in [6.07, 6.45) is -0.0277. The van der Waals surface area contributed by atoms with Gasteiger partial charge in [-0.1, -0.05) is 35.5 Å². The van der Waals surface area contributed by atoms with E-state index in [1.807, 2.05) is 18.2 Å². The molecule has 0 spiro atoms. The maximum Gasteiger partial charge on any atom is 0.312 e. The lowest BCUT2D eigenvalue weighted by molar-refractivity contribution is -0.146. The maximum absolute atomic E-state index is 11.9. The minimum absolute atomic E-state index is 0.00223. The molecule has 7 nitrogen and oxygen atoms in total. The van der Waals surface area contributed by atoms with Gasteiger partial charge in [0.1, 0.15) is 0 Å². The number of carbonyl (C=O) groups excluding carboxylic acids is 2. The molecular weight excluding hydrogens is 286 g/mol. The molecule has 1 aromatic carbocycles.